The summed E-state index contributed by atoms with van der Waals surface area (Å²) in [4.78, 5) is 0. The van der Waals surface area contributed by atoms with Gasteiger partial charge in [0.1, 0.15) is 0 Å². The van der Waals surface area contributed by atoms with Crippen LogP contribution in [0.25, 0.3) is 0 Å². The minimum Gasteiger partial charge on any atom is -0.346 e. The van der Waals surface area contributed by atoms with Crippen molar-refractivity contribution in [2.45, 2.75) is 33.0 Å². The second-order valence-electron chi connectivity index (χ2n) is 2.51. The van der Waals surface area contributed by atoms with Gasteiger partial charge >= 0.3 is 5.97 Å². The summed E-state index contributed by atoms with van der Waals surface area (Å²) in [5, 5.41) is 9.85. The first kappa shape index (κ1) is 13.8. The molecule has 0 heterocycles. The monoisotopic (exact) mass is 208 g/mol. The van der Waals surface area contributed by atoms with Crippen LogP contribution in [0.3, 0.4) is 0 Å². The largest absolute Gasteiger partial charge is 0.346 e. The fourth-order valence-electron chi connectivity index (χ4n) is 0.991. The summed E-state index contributed by atoms with van der Waals surface area (Å²) >= 11 is 0. The molecule has 0 fully saturated rings. The van der Waals surface area contributed by atoms with Crippen LogP contribution in [0.2, 0.25) is 0 Å². The highest BCUT2D eigenvalue weighted by molar-refractivity contribution is 4.59. The minimum absolute atomic E-state index is 0.307. The van der Waals surface area contributed by atoms with Crippen LogP contribution in [0, 0.1) is 0 Å². The van der Waals surface area contributed by atoms with Gasteiger partial charge in [0.05, 0.1) is 0 Å². The molecule has 0 saturated heterocycles. The Morgan fingerprint density at radius 3 is 1.86 bits per heavy atom. The predicted octanol–water partition coefficient (Wildman–Crippen LogP) is 0.714. The van der Waals surface area contributed by atoms with Crippen molar-refractivity contribution >= 4 is 0 Å². The van der Waals surface area contributed by atoms with E-state index >= 15 is 0 Å². The van der Waals surface area contributed by atoms with Gasteiger partial charge < -0.3 is 24.1 Å². The molecule has 0 aromatic carbocycles. The maximum Gasteiger partial charge on any atom is 0.334 e. The van der Waals surface area contributed by atoms with E-state index < -0.39 is 12.3 Å². The Kier molecular flexibility index (Phi) is 7.04. The van der Waals surface area contributed by atoms with Crippen molar-refractivity contribution in [1.82, 2.24) is 0 Å². The molecule has 0 aliphatic carbocycles. The molecule has 1 atom stereocenters. The number of methoxy groups -OCH3 is 1. The summed E-state index contributed by atoms with van der Waals surface area (Å²) in [5.41, 5.74) is 0. The summed E-state index contributed by atoms with van der Waals surface area (Å²) < 4.78 is 20.2. The van der Waals surface area contributed by atoms with Gasteiger partial charge in [-0.15, -0.1) is 0 Å². The number of aliphatic hydroxyl groups is 1. The van der Waals surface area contributed by atoms with Gasteiger partial charge in [0.15, 0.2) is 0 Å². The van der Waals surface area contributed by atoms with E-state index in [9.17, 15) is 5.11 Å². The number of hydrogen-bond acceptors (Lipinski definition) is 5. The first-order valence-electron chi connectivity index (χ1n) is 4.79. The van der Waals surface area contributed by atoms with E-state index in [-0.39, 0.29) is 0 Å². The van der Waals surface area contributed by atoms with Crippen LogP contribution in [-0.2, 0) is 18.9 Å². The smallest absolute Gasteiger partial charge is 0.334 e. The highest BCUT2D eigenvalue weighted by atomic mass is 16.9. The van der Waals surface area contributed by atoms with E-state index in [0.717, 1.165) is 0 Å². The Bertz CT molecular complexity index is 135. The zero-order valence-electron chi connectivity index (χ0n) is 9.28. The van der Waals surface area contributed by atoms with Crippen molar-refractivity contribution in [2.75, 3.05) is 26.9 Å². The Labute approximate surface area is 84.9 Å². The molecule has 1 unspecified atom stereocenters. The molecule has 0 aromatic rings. The number of ether oxygens (including phenoxy) is 4. The van der Waals surface area contributed by atoms with Gasteiger partial charge in [0.25, 0.3) is 0 Å². The Balaban J connectivity index is 4.37. The van der Waals surface area contributed by atoms with Crippen LogP contribution in [0.4, 0.5) is 0 Å². The topological polar surface area (TPSA) is 57.2 Å². The van der Waals surface area contributed by atoms with Crippen LogP contribution < -0.4 is 0 Å². The molecule has 0 radical (unpaired) electrons. The van der Waals surface area contributed by atoms with Crippen molar-refractivity contribution < 1.29 is 24.1 Å². The lowest BCUT2D eigenvalue weighted by Crippen LogP contribution is -2.49. The van der Waals surface area contributed by atoms with Gasteiger partial charge in [-0.25, -0.2) is 0 Å². The highest BCUT2D eigenvalue weighted by Gasteiger charge is 2.40. The third-order valence-corrected chi connectivity index (χ3v) is 1.58. The van der Waals surface area contributed by atoms with Crippen LogP contribution in [-0.4, -0.2) is 44.3 Å². The molecular formula is C9H20O5. The number of rotatable bonds is 8. The first-order valence-corrected chi connectivity index (χ1v) is 4.79. The maximum atomic E-state index is 9.85. The molecule has 0 rings (SSSR count). The van der Waals surface area contributed by atoms with E-state index in [2.05, 4.69) is 0 Å². The van der Waals surface area contributed by atoms with Crippen LogP contribution in [0.1, 0.15) is 20.8 Å². The Morgan fingerprint density at radius 1 is 1.07 bits per heavy atom. The van der Waals surface area contributed by atoms with Crippen molar-refractivity contribution in [2.24, 2.45) is 0 Å². The van der Waals surface area contributed by atoms with Crippen LogP contribution in [0.5, 0.6) is 0 Å². The second kappa shape index (κ2) is 7.14. The molecule has 5 heteroatoms. The quantitative estimate of drug-likeness (QED) is 0.595. The predicted molar refractivity (Wildman–Crippen MR) is 50.6 cm³/mol. The summed E-state index contributed by atoms with van der Waals surface area (Å²) in [5.74, 6) is -1.83. The molecule has 5 nitrogen and oxygen atoms in total. The summed E-state index contributed by atoms with van der Waals surface area (Å²) in [7, 11) is 1.33. The van der Waals surface area contributed by atoms with Gasteiger partial charge in [-0.05, 0) is 20.8 Å². The molecular weight excluding hydrogens is 188 g/mol. The third kappa shape index (κ3) is 3.89. The second-order valence-corrected chi connectivity index (χ2v) is 2.51. The SMILES string of the molecule is CCOC(OCC)C(O)(OC)OCC. The fraction of sp³-hybridized carbons (Fsp3) is 1.00. The molecule has 0 aliphatic rings. The van der Waals surface area contributed by atoms with Crippen molar-refractivity contribution in [3.8, 4) is 0 Å². The molecule has 86 valence electrons. The summed E-state index contributed by atoms with van der Waals surface area (Å²) in [6.45, 7) is 6.47. The van der Waals surface area contributed by atoms with Gasteiger partial charge in [0.2, 0.25) is 6.29 Å². The van der Waals surface area contributed by atoms with E-state index in [1.165, 1.54) is 7.11 Å². The van der Waals surface area contributed by atoms with Crippen molar-refractivity contribution in [1.29, 1.82) is 0 Å². The summed E-state index contributed by atoms with van der Waals surface area (Å²) in [6.07, 6.45) is -0.928. The average Bonchev–Trinajstić information content (AvgIpc) is 2.18. The lowest BCUT2D eigenvalue weighted by Gasteiger charge is -2.32. The number of hydrogen-bond donors (Lipinski definition) is 1. The molecule has 0 aliphatic heterocycles. The lowest BCUT2D eigenvalue weighted by molar-refractivity contribution is -0.434. The lowest BCUT2D eigenvalue weighted by atomic mass is 10.5. The minimum atomic E-state index is -1.83. The molecule has 14 heavy (non-hydrogen) atoms. The molecule has 0 spiro atoms. The van der Waals surface area contributed by atoms with Crippen LogP contribution in [0.15, 0.2) is 0 Å². The van der Waals surface area contributed by atoms with E-state index in [1.54, 1.807) is 20.8 Å². The van der Waals surface area contributed by atoms with Crippen LogP contribution >= 0.6 is 0 Å². The standard InChI is InChI=1S/C9H20O5/c1-5-12-8(13-6-2)9(10,11-4)14-7-3/h8,10H,5-7H2,1-4H3. The Morgan fingerprint density at radius 2 is 1.57 bits per heavy atom. The summed E-state index contributed by atoms with van der Waals surface area (Å²) in [6, 6.07) is 0. The average molecular weight is 208 g/mol. The molecule has 0 amide bonds. The van der Waals surface area contributed by atoms with Gasteiger partial charge in [0, 0.05) is 26.9 Å². The van der Waals surface area contributed by atoms with Gasteiger partial charge in [-0.1, -0.05) is 0 Å². The zero-order valence-corrected chi connectivity index (χ0v) is 9.28. The zero-order chi connectivity index (χ0) is 11.0. The fourth-order valence-corrected chi connectivity index (χ4v) is 0.991. The third-order valence-electron chi connectivity index (χ3n) is 1.58. The van der Waals surface area contributed by atoms with Gasteiger partial charge in [-0.3, -0.25) is 0 Å². The molecule has 0 bridgehead atoms. The highest BCUT2D eigenvalue weighted by Crippen LogP contribution is 2.18. The van der Waals surface area contributed by atoms with Gasteiger partial charge in [-0.2, -0.15) is 0 Å². The van der Waals surface area contributed by atoms with E-state index in [1.807, 2.05) is 0 Å². The first-order chi connectivity index (χ1) is 6.64. The normalized spacial score (nSPS) is 15.9. The van der Waals surface area contributed by atoms with Crippen molar-refractivity contribution in [3.63, 3.8) is 0 Å². The van der Waals surface area contributed by atoms with E-state index in [0.29, 0.717) is 19.8 Å². The molecule has 1 N–H and O–H groups in total. The maximum absolute atomic E-state index is 9.85. The molecule has 0 saturated carbocycles. The van der Waals surface area contributed by atoms with E-state index in [4.69, 9.17) is 18.9 Å². The van der Waals surface area contributed by atoms with Crippen molar-refractivity contribution in [3.05, 3.63) is 0 Å². The Hall–Kier alpha value is -0.200. The molecule has 0 aromatic heterocycles.